The van der Waals surface area contributed by atoms with Crippen LogP contribution in [0.1, 0.15) is 58.8 Å². The smallest absolute Gasteiger partial charge is 0.241 e. The molecular weight excluding hydrogens is 224 g/mol. The van der Waals surface area contributed by atoms with Crippen molar-refractivity contribution in [1.82, 2.24) is 10.2 Å². The molecule has 2 aliphatic carbocycles. The molecule has 0 aromatic carbocycles. The number of amides is 1. The fraction of sp³-hybridized carbons (Fsp3) is 0.933. The first-order chi connectivity index (χ1) is 8.63. The predicted molar refractivity (Wildman–Crippen MR) is 72.0 cm³/mol. The summed E-state index contributed by atoms with van der Waals surface area (Å²) in [7, 11) is 0. The van der Waals surface area contributed by atoms with Gasteiger partial charge in [0.2, 0.25) is 5.91 Å². The Hall–Kier alpha value is -0.570. The highest BCUT2D eigenvalue weighted by Crippen LogP contribution is 2.47. The molecule has 102 valence electrons. The van der Waals surface area contributed by atoms with Crippen LogP contribution in [0.2, 0.25) is 0 Å². The van der Waals surface area contributed by atoms with Crippen LogP contribution in [-0.4, -0.2) is 29.6 Å². The first-order valence-electron chi connectivity index (χ1n) is 7.69. The Balaban J connectivity index is 1.74. The SMILES string of the molecule is CCC1NC(C2CCCC2)N(CC2(C)CC2)C1=O. The Morgan fingerprint density at radius 3 is 2.56 bits per heavy atom. The second-order valence-corrected chi connectivity index (χ2v) is 6.89. The summed E-state index contributed by atoms with van der Waals surface area (Å²) >= 11 is 0. The minimum atomic E-state index is 0.0814. The van der Waals surface area contributed by atoms with Crippen molar-refractivity contribution in [2.24, 2.45) is 11.3 Å². The molecular formula is C15H26N2O. The number of carbonyl (C=O) groups excluding carboxylic acids is 1. The van der Waals surface area contributed by atoms with Crippen molar-refractivity contribution in [3.8, 4) is 0 Å². The molecule has 18 heavy (non-hydrogen) atoms. The van der Waals surface area contributed by atoms with Crippen molar-refractivity contribution in [3.63, 3.8) is 0 Å². The molecule has 1 saturated heterocycles. The van der Waals surface area contributed by atoms with E-state index in [9.17, 15) is 4.79 Å². The fourth-order valence-electron chi connectivity index (χ4n) is 3.62. The quantitative estimate of drug-likeness (QED) is 0.831. The molecule has 0 radical (unpaired) electrons. The molecule has 2 unspecified atom stereocenters. The van der Waals surface area contributed by atoms with Crippen LogP contribution in [0, 0.1) is 11.3 Å². The van der Waals surface area contributed by atoms with Crippen LogP contribution in [0.3, 0.4) is 0 Å². The number of carbonyl (C=O) groups is 1. The van der Waals surface area contributed by atoms with Gasteiger partial charge in [0.05, 0.1) is 12.2 Å². The van der Waals surface area contributed by atoms with E-state index in [0.29, 0.717) is 23.4 Å². The number of nitrogens with one attached hydrogen (secondary N) is 1. The van der Waals surface area contributed by atoms with E-state index >= 15 is 0 Å². The molecule has 0 aromatic rings. The van der Waals surface area contributed by atoms with Gasteiger partial charge in [-0.2, -0.15) is 0 Å². The molecule has 3 heteroatoms. The summed E-state index contributed by atoms with van der Waals surface area (Å²) in [6.07, 6.45) is 9.15. The molecule has 2 saturated carbocycles. The lowest BCUT2D eigenvalue weighted by Gasteiger charge is -2.31. The lowest BCUT2D eigenvalue weighted by molar-refractivity contribution is -0.131. The van der Waals surface area contributed by atoms with Crippen LogP contribution in [0.4, 0.5) is 0 Å². The van der Waals surface area contributed by atoms with Crippen molar-refractivity contribution in [2.45, 2.75) is 71.0 Å². The minimum absolute atomic E-state index is 0.0814. The lowest BCUT2D eigenvalue weighted by Crippen LogP contribution is -2.44. The Bertz CT molecular complexity index is 331. The summed E-state index contributed by atoms with van der Waals surface area (Å²) < 4.78 is 0. The fourth-order valence-corrected chi connectivity index (χ4v) is 3.62. The van der Waals surface area contributed by atoms with Gasteiger partial charge in [-0.05, 0) is 43.4 Å². The second-order valence-electron chi connectivity index (χ2n) is 6.89. The van der Waals surface area contributed by atoms with Crippen LogP contribution >= 0.6 is 0 Å². The zero-order chi connectivity index (χ0) is 12.8. The van der Waals surface area contributed by atoms with E-state index in [1.54, 1.807) is 0 Å². The van der Waals surface area contributed by atoms with E-state index in [1.165, 1.54) is 38.5 Å². The maximum atomic E-state index is 12.5. The number of hydrogen-bond donors (Lipinski definition) is 1. The Morgan fingerprint density at radius 2 is 2.00 bits per heavy atom. The van der Waals surface area contributed by atoms with E-state index in [4.69, 9.17) is 0 Å². The molecule has 0 aromatic heterocycles. The number of rotatable bonds is 4. The van der Waals surface area contributed by atoms with Gasteiger partial charge >= 0.3 is 0 Å². The molecule has 3 rings (SSSR count). The highest BCUT2D eigenvalue weighted by molar-refractivity contribution is 5.84. The normalized spacial score (nSPS) is 35.4. The van der Waals surface area contributed by atoms with Gasteiger partial charge in [0.1, 0.15) is 0 Å². The molecule has 3 aliphatic rings. The highest BCUT2D eigenvalue weighted by Gasteiger charge is 2.47. The average Bonchev–Trinajstić information content (AvgIpc) is 2.81. The second kappa shape index (κ2) is 4.52. The van der Waals surface area contributed by atoms with Gasteiger partial charge in [0, 0.05) is 6.54 Å². The zero-order valence-corrected chi connectivity index (χ0v) is 11.7. The van der Waals surface area contributed by atoms with E-state index < -0.39 is 0 Å². The summed E-state index contributed by atoms with van der Waals surface area (Å²) in [5, 5.41) is 3.61. The van der Waals surface area contributed by atoms with Gasteiger partial charge in [-0.25, -0.2) is 0 Å². The zero-order valence-electron chi connectivity index (χ0n) is 11.7. The molecule has 0 bridgehead atoms. The molecule has 1 N–H and O–H groups in total. The van der Waals surface area contributed by atoms with Crippen molar-refractivity contribution >= 4 is 5.91 Å². The summed E-state index contributed by atoms with van der Waals surface area (Å²) in [6, 6.07) is 0.0814. The Kier molecular flexibility index (Phi) is 3.13. The van der Waals surface area contributed by atoms with Crippen molar-refractivity contribution in [3.05, 3.63) is 0 Å². The molecule has 1 heterocycles. The van der Waals surface area contributed by atoms with Crippen molar-refractivity contribution in [2.75, 3.05) is 6.54 Å². The standard InChI is InChI=1S/C15H26N2O/c1-3-12-14(18)17(10-15(2)8-9-15)13(16-12)11-6-4-5-7-11/h11-13,16H,3-10H2,1-2H3. The molecule has 2 atom stereocenters. The van der Waals surface area contributed by atoms with Gasteiger partial charge in [-0.3, -0.25) is 10.1 Å². The van der Waals surface area contributed by atoms with Gasteiger partial charge in [-0.1, -0.05) is 26.7 Å². The van der Waals surface area contributed by atoms with Crippen LogP contribution in [-0.2, 0) is 4.79 Å². The summed E-state index contributed by atoms with van der Waals surface area (Å²) in [5.74, 6) is 1.07. The summed E-state index contributed by atoms with van der Waals surface area (Å²) in [4.78, 5) is 14.7. The van der Waals surface area contributed by atoms with Crippen LogP contribution in [0.5, 0.6) is 0 Å². The third-order valence-electron chi connectivity index (χ3n) is 5.20. The highest BCUT2D eigenvalue weighted by atomic mass is 16.2. The molecule has 3 fully saturated rings. The van der Waals surface area contributed by atoms with Gasteiger partial charge in [-0.15, -0.1) is 0 Å². The Labute approximate surface area is 110 Å². The predicted octanol–water partition coefficient (Wildman–Crippen LogP) is 2.51. The number of nitrogens with zero attached hydrogens (tertiary/aromatic N) is 1. The Morgan fingerprint density at radius 1 is 1.33 bits per heavy atom. The van der Waals surface area contributed by atoms with Gasteiger partial charge in [0.25, 0.3) is 0 Å². The van der Waals surface area contributed by atoms with E-state index in [-0.39, 0.29) is 6.04 Å². The van der Waals surface area contributed by atoms with Crippen LogP contribution in [0.15, 0.2) is 0 Å². The van der Waals surface area contributed by atoms with Crippen molar-refractivity contribution < 1.29 is 4.79 Å². The van der Waals surface area contributed by atoms with Crippen molar-refractivity contribution in [1.29, 1.82) is 0 Å². The maximum absolute atomic E-state index is 12.5. The first-order valence-corrected chi connectivity index (χ1v) is 7.69. The lowest BCUT2D eigenvalue weighted by atomic mass is 10.0. The van der Waals surface area contributed by atoms with Gasteiger partial charge < -0.3 is 4.90 Å². The van der Waals surface area contributed by atoms with E-state index in [0.717, 1.165) is 13.0 Å². The first kappa shape index (κ1) is 12.5. The van der Waals surface area contributed by atoms with Crippen LogP contribution < -0.4 is 5.32 Å². The average molecular weight is 250 g/mol. The maximum Gasteiger partial charge on any atom is 0.241 e. The monoisotopic (exact) mass is 250 g/mol. The molecule has 3 nitrogen and oxygen atoms in total. The van der Waals surface area contributed by atoms with Crippen LogP contribution in [0.25, 0.3) is 0 Å². The molecule has 1 amide bonds. The summed E-state index contributed by atoms with van der Waals surface area (Å²) in [6.45, 7) is 5.42. The third kappa shape index (κ3) is 2.18. The largest absolute Gasteiger partial charge is 0.325 e. The topological polar surface area (TPSA) is 32.3 Å². The van der Waals surface area contributed by atoms with E-state index in [2.05, 4.69) is 24.1 Å². The third-order valence-corrected chi connectivity index (χ3v) is 5.20. The minimum Gasteiger partial charge on any atom is -0.325 e. The molecule has 0 spiro atoms. The summed E-state index contributed by atoms with van der Waals surface area (Å²) in [5.41, 5.74) is 0.427. The van der Waals surface area contributed by atoms with Gasteiger partial charge in [0.15, 0.2) is 0 Å². The van der Waals surface area contributed by atoms with E-state index in [1.807, 2.05) is 0 Å². The molecule has 1 aliphatic heterocycles. The number of hydrogen-bond acceptors (Lipinski definition) is 2.